The lowest BCUT2D eigenvalue weighted by atomic mass is 9.95. The second kappa shape index (κ2) is 7.77. The molecule has 2 aromatic carbocycles. The fraction of sp³-hybridized carbons (Fsp3) is 0.0455. The predicted molar refractivity (Wildman–Crippen MR) is 112 cm³/mol. The molecule has 4 rings (SSSR count). The fourth-order valence-corrected chi connectivity index (χ4v) is 3.45. The summed E-state index contributed by atoms with van der Waals surface area (Å²) in [5, 5.41) is 24.5. The highest BCUT2D eigenvalue weighted by molar-refractivity contribution is 6.35. The number of fused-ring (bicyclic) bond motifs is 1. The third kappa shape index (κ3) is 3.70. The van der Waals surface area contributed by atoms with E-state index in [4.69, 9.17) is 11.6 Å². The van der Waals surface area contributed by atoms with Crippen LogP contribution < -0.4 is 5.32 Å². The highest BCUT2D eigenvalue weighted by Crippen LogP contribution is 2.39. The molecule has 2 heterocycles. The largest absolute Gasteiger partial charge is 0.505 e. The number of nitrogens with zero attached hydrogens (tertiary/aromatic N) is 2. The van der Waals surface area contributed by atoms with Gasteiger partial charge in [-0.1, -0.05) is 29.8 Å². The van der Waals surface area contributed by atoms with Gasteiger partial charge >= 0.3 is 5.97 Å². The highest BCUT2D eigenvalue weighted by Gasteiger charge is 2.22. The molecule has 0 bridgehead atoms. The average molecular weight is 406 g/mol. The van der Waals surface area contributed by atoms with Crippen LogP contribution in [0.4, 0.5) is 5.82 Å². The molecule has 0 spiro atoms. The van der Waals surface area contributed by atoms with Gasteiger partial charge in [0.15, 0.2) is 0 Å². The van der Waals surface area contributed by atoms with Crippen molar-refractivity contribution in [3.63, 3.8) is 0 Å². The Morgan fingerprint density at radius 3 is 2.45 bits per heavy atom. The van der Waals surface area contributed by atoms with Gasteiger partial charge in [0.2, 0.25) is 0 Å². The number of anilines is 1. The molecule has 3 N–H and O–H groups in total. The summed E-state index contributed by atoms with van der Waals surface area (Å²) in [4.78, 5) is 19.8. The number of halogens is 1. The van der Waals surface area contributed by atoms with Gasteiger partial charge in [-0.05, 0) is 48.0 Å². The number of phenols is 1. The van der Waals surface area contributed by atoms with Gasteiger partial charge in [0.25, 0.3) is 0 Å². The first-order valence-electron chi connectivity index (χ1n) is 8.81. The summed E-state index contributed by atoms with van der Waals surface area (Å²) >= 11 is 6.46. The van der Waals surface area contributed by atoms with E-state index in [1.807, 2.05) is 6.07 Å². The molecule has 0 fully saturated rings. The number of hydrogen-bond donors (Lipinski definition) is 3. The molecule has 6 nitrogen and oxygen atoms in total. The molecular formula is C22H16ClN3O3. The standard InChI is InChI=1S/C22H16ClN3O3/c23-17-12-16(21(27)20-15(17)4-3-11-25-20)19(26-18-5-1-2-10-24-18)13-6-8-14(9-7-13)22(28)29/h1-12,19,27H,(H,24,26)(H,28,29)/t19-/m0/s1. The molecule has 4 aromatic rings. The molecule has 0 aliphatic rings. The number of carboxylic acid groups (broad SMARTS) is 1. The maximum Gasteiger partial charge on any atom is 0.335 e. The highest BCUT2D eigenvalue weighted by atomic mass is 35.5. The smallest absolute Gasteiger partial charge is 0.335 e. The molecule has 0 saturated carbocycles. The van der Waals surface area contributed by atoms with E-state index in [0.717, 1.165) is 5.56 Å². The molecule has 29 heavy (non-hydrogen) atoms. The lowest BCUT2D eigenvalue weighted by molar-refractivity contribution is 0.0697. The van der Waals surface area contributed by atoms with Crippen molar-refractivity contribution in [1.82, 2.24) is 9.97 Å². The first-order chi connectivity index (χ1) is 14.0. The van der Waals surface area contributed by atoms with E-state index >= 15 is 0 Å². The normalized spacial score (nSPS) is 11.9. The molecule has 0 aliphatic carbocycles. The quantitative estimate of drug-likeness (QED) is 0.437. The maximum absolute atomic E-state index is 11.2. The number of carbonyl (C=O) groups is 1. The summed E-state index contributed by atoms with van der Waals surface area (Å²) in [6.07, 6.45) is 3.24. The van der Waals surface area contributed by atoms with E-state index in [-0.39, 0.29) is 11.3 Å². The Balaban J connectivity index is 1.87. The molecule has 2 aromatic heterocycles. The number of rotatable bonds is 5. The number of carboxylic acids is 1. The summed E-state index contributed by atoms with van der Waals surface area (Å²) in [7, 11) is 0. The van der Waals surface area contributed by atoms with Gasteiger partial charge < -0.3 is 15.5 Å². The second-order valence-corrected chi connectivity index (χ2v) is 6.82. The Morgan fingerprint density at radius 2 is 1.76 bits per heavy atom. The minimum absolute atomic E-state index is 0.000687. The van der Waals surface area contributed by atoms with Crippen LogP contribution in [0.25, 0.3) is 10.9 Å². The third-order valence-corrected chi connectivity index (χ3v) is 4.92. The zero-order chi connectivity index (χ0) is 20.4. The average Bonchev–Trinajstić information content (AvgIpc) is 2.76. The van der Waals surface area contributed by atoms with Gasteiger partial charge in [0.05, 0.1) is 16.6 Å². The number of nitrogens with one attached hydrogen (secondary N) is 1. The van der Waals surface area contributed by atoms with Crippen LogP contribution in [-0.4, -0.2) is 26.2 Å². The van der Waals surface area contributed by atoms with Gasteiger partial charge in [0, 0.05) is 23.3 Å². The van der Waals surface area contributed by atoms with Crippen LogP contribution in [0.3, 0.4) is 0 Å². The van der Waals surface area contributed by atoms with Gasteiger partial charge in [0.1, 0.15) is 17.1 Å². The SMILES string of the molecule is O=C(O)c1ccc([C@H](Nc2ccccn2)c2cc(Cl)c3cccnc3c2O)cc1. The summed E-state index contributed by atoms with van der Waals surface area (Å²) in [6.45, 7) is 0. The molecular weight excluding hydrogens is 390 g/mol. The van der Waals surface area contributed by atoms with Gasteiger partial charge in [-0.25, -0.2) is 9.78 Å². The van der Waals surface area contributed by atoms with Crippen LogP contribution in [0.2, 0.25) is 5.02 Å². The van der Waals surface area contributed by atoms with E-state index < -0.39 is 12.0 Å². The minimum atomic E-state index is -1.01. The fourth-order valence-electron chi connectivity index (χ4n) is 3.18. The monoisotopic (exact) mass is 405 g/mol. The minimum Gasteiger partial charge on any atom is -0.505 e. The first-order valence-corrected chi connectivity index (χ1v) is 9.19. The molecule has 0 aliphatic heterocycles. The van der Waals surface area contributed by atoms with Crippen LogP contribution in [-0.2, 0) is 0 Å². The maximum atomic E-state index is 11.2. The summed E-state index contributed by atoms with van der Waals surface area (Å²) in [5.41, 5.74) is 1.81. The van der Waals surface area contributed by atoms with Crippen molar-refractivity contribution in [2.24, 2.45) is 0 Å². The molecule has 1 atom stereocenters. The number of aromatic carboxylic acids is 1. The van der Waals surface area contributed by atoms with Crippen molar-refractivity contribution in [2.75, 3.05) is 5.32 Å². The Kier molecular flexibility index (Phi) is 5.01. The van der Waals surface area contributed by atoms with Crippen LogP contribution in [0.1, 0.15) is 27.5 Å². The zero-order valence-corrected chi connectivity index (χ0v) is 15.8. The first kappa shape index (κ1) is 18.7. The molecule has 0 saturated heterocycles. The van der Waals surface area contributed by atoms with E-state index in [1.54, 1.807) is 54.9 Å². The van der Waals surface area contributed by atoms with Gasteiger partial charge in [-0.15, -0.1) is 0 Å². The topological polar surface area (TPSA) is 95.3 Å². The van der Waals surface area contributed by atoms with Gasteiger partial charge in [-0.2, -0.15) is 0 Å². The van der Waals surface area contributed by atoms with E-state index in [1.165, 1.54) is 12.1 Å². The number of aromatic nitrogens is 2. The number of phenolic OH excluding ortho intramolecular Hbond substituents is 1. The number of pyridine rings is 2. The van der Waals surface area contributed by atoms with Crippen LogP contribution in [0.15, 0.2) is 73.1 Å². The Labute approximate surface area is 171 Å². The summed E-state index contributed by atoms with van der Waals surface area (Å²) in [6, 6.07) is 16.6. The van der Waals surface area contributed by atoms with Crippen LogP contribution in [0.5, 0.6) is 5.75 Å². The Hall–Kier alpha value is -3.64. The van der Waals surface area contributed by atoms with E-state index in [0.29, 0.717) is 27.3 Å². The lowest BCUT2D eigenvalue weighted by Gasteiger charge is -2.22. The predicted octanol–water partition coefficient (Wildman–Crippen LogP) is 4.89. The molecule has 7 heteroatoms. The van der Waals surface area contributed by atoms with E-state index in [9.17, 15) is 15.0 Å². The Bertz CT molecular complexity index is 1180. The molecule has 144 valence electrons. The van der Waals surface area contributed by atoms with Crippen molar-refractivity contribution < 1.29 is 15.0 Å². The molecule has 0 amide bonds. The number of aromatic hydroxyl groups is 1. The van der Waals surface area contributed by atoms with Crippen molar-refractivity contribution in [3.05, 3.63) is 94.8 Å². The Morgan fingerprint density at radius 1 is 1.00 bits per heavy atom. The summed E-state index contributed by atoms with van der Waals surface area (Å²) < 4.78 is 0. The molecule has 0 unspecified atom stereocenters. The van der Waals surface area contributed by atoms with Crippen LogP contribution >= 0.6 is 11.6 Å². The van der Waals surface area contributed by atoms with Crippen molar-refractivity contribution in [3.8, 4) is 5.75 Å². The number of benzene rings is 2. The third-order valence-electron chi connectivity index (χ3n) is 4.60. The van der Waals surface area contributed by atoms with Crippen molar-refractivity contribution in [1.29, 1.82) is 0 Å². The lowest BCUT2D eigenvalue weighted by Crippen LogP contribution is -2.14. The van der Waals surface area contributed by atoms with Gasteiger partial charge in [-0.3, -0.25) is 4.98 Å². The summed E-state index contributed by atoms with van der Waals surface area (Å²) in [5.74, 6) is -0.413. The van der Waals surface area contributed by atoms with Crippen molar-refractivity contribution in [2.45, 2.75) is 6.04 Å². The second-order valence-electron chi connectivity index (χ2n) is 6.42. The number of hydrogen-bond acceptors (Lipinski definition) is 5. The molecule has 0 radical (unpaired) electrons. The zero-order valence-electron chi connectivity index (χ0n) is 15.1. The van der Waals surface area contributed by atoms with Crippen LogP contribution in [0, 0.1) is 0 Å². The van der Waals surface area contributed by atoms with E-state index in [2.05, 4.69) is 15.3 Å². The van der Waals surface area contributed by atoms with Crippen molar-refractivity contribution >= 4 is 34.3 Å².